The van der Waals surface area contributed by atoms with Gasteiger partial charge in [-0.3, -0.25) is 4.90 Å². The number of aromatic nitrogens is 1. The average Bonchev–Trinajstić information content (AvgIpc) is 2.36. The number of anilines is 2. The van der Waals surface area contributed by atoms with Crippen molar-refractivity contribution in [1.29, 1.82) is 0 Å². The molecule has 0 aromatic carbocycles. The molecule has 0 spiro atoms. The zero-order valence-electron chi connectivity index (χ0n) is 10.1. The fourth-order valence-corrected chi connectivity index (χ4v) is 1.89. The number of hydrogen-bond acceptors (Lipinski definition) is 5. The highest BCUT2D eigenvalue weighted by Crippen LogP contribution is 2.07. The fourth-order valence-electron chi connectivity index (χ4n) is 1.89. The van der Waals surface area contributed by atoms with Crippen LogP contribution in [-0.4, -0.2) is 49.3 Å². The Morgan fingerprint density at radius 2 is 2.24 bits per heavy atom. The van der Waals surface area contributed by atoms with E-state index in [0.29, 0.717) is 0 Å². The van der Waals surface area contributed by atoms with Gasteiger partial charge in [-0.1, -0.05) is 0 Å². The van der Waals surface area contributed by atoms with Crippen LogP contribution >= 0.6 is 0 Å². The highest BCUT2D eigenvalue weighted by molar-refractivity contribution is 5.48. The molecule has 0 aliphatic carbocycles. The fraction of sp³-hybridized carbons (Fsp3) is 0.583. The monoisotopic (exact) mass is 236 g/mol. The van der Waals surface area contributed by atoms with Gasteiger partial charge in [0.25, 0.3) is 0 Å². The van der Waals surface area contributed by atoms with Gasteiger partial charge in [0.1, 0.15) is 5.82 Å². The first-order valence-electron chi connectivity index (χ1n) is 6.10. The first kappa shape index (κ1) is 12.1. The summed E-state index contributed by atoms with van der Waals surface area (Å²) in [5, 5.41) is 3.28. The molecule has 0 unspecified atom stereocenters. The number of nitrogen functional groups attached to an aromatic ring is 1. The zero-order chi connectivity index (χ0) is 11.9. The zero-order valence-corrected chi connectivity index (χ0v) is 10.1. The summed E-state index contributed by atoms with van der Waals surface area (Å²) in [5.74, 6) is 0.854. The summed E-state index contributed by atoms with van der Waals surface area (Å²) in [7, 11) is 0. The number of nitrogens with two attached hydrogens (primary N) is 1. The van der Waals surface area contributed by atoms with Crippen molar-refractivity contribution in [3.8, 4) is 0 Å². The first-order valence-corrected chi connectivity index (χ1v) is 6.10. The van der Waals surface area contributed by atoms with Crippen LogP contribution in [0, 0.1) is 0 Å². The van der Waals surface area contributed by atoms with Crippen LogP contribution in [0.1, 0.15) is 6.42 Å². The standard InChI is InChI=1S/C12H20N4O/c13-11-2-4-15-12(10-11)14-3-1-5-16-6-8-17-9-7-16/h2,4,10H,1,3,5-9H2,(H3,13,14,15). The van der Waals surface area contributed by atoms with E-state index in [1.165, 1.54) is 0 Å². The van der Waals surface area contributed by atoms with E-state index in [-0.39, 0.29) is 0 Å². The van der Waals surface area contributed by atoms with Gasteiger partial charge in [0, 0.05) is 37.6 Å². The molecule has 1 aromatic heterocycles. The van der Waals surface area contributed by atoms with E-state index >= 15 is 0 Å². The topological polar surface area (TPSA) is 63.4 Å². The molecule has 1 fully saturated rings. The second-order valence-corrected chi connectivity index (χ2v) is 4.21. The third-order valence-electron chi connectivity index (χ3n) is 2.84. The normalized spacial score (nSPS) is 16.9. The van der Waals surface area contributed by atoms with Crippen LogP contribution < -0.4 is 11.1 Å². The predicted molar refractivity (Wildman–Crippen MR) is 69.0 cm³/mol. The van der Waals surface area contributed by atoms with Gasteiger partial charge in [-0.2, -0.15) is 0 Å². The van der Waals surface area contributed by atoms with E-state index in [4.69, 9.17) is 10.5 Å². The van der Waals surface area contributed by atoms with Gasteiger partial charge in [-0.05, 0) is 19.0 Å². The minimum Gasteiger partial charge on any atom is -0.399 e. The molecule has 0 amide bonds. The van der Waals surface area contributed by atoms with Crippen molar-refractivity contribution >= 4 is 11.5 Å². The van der Waals surface area contributed by atoms with Crippen LogP contribution in [0.5, 0.6) is 0 Å². The molecule has 1 aliphatic rings. The summed E-state index contributed by atoms with van der Waals surface area (Å²) < 4.78 is 5.31. The molecule has 3 N–H and O–H groups in total. The summed E-state index contributed by atoms with van der Waals surface area (Å²) in [4.78, 5) is 6.63. The van der Waals surface area contributed by atoms with Crippen molar-refractivity contribution in [3.63, 3.8) is 0 Å². The van der Waals surface area contributed by atoms with Crippen LogP contribution in [-0.2, 0) is 4.74 Å². The molecule has 0 atom stereocenters. The van der Waals surface area contributed by atoms with Crippen molar-refractivity contribution in [2.45, 2.75) is 6.42 Å². The van der Waals surface area contributed by atoms with Crippen molar-refractivity contribution < 1.29 is 4.74 Å². The van der Waals surface area contributed by atoms with Gasteiger partial charge in [-0.25, -0.2) is 4.98 Å². The molecule has 0 saturated carbocycles. The van der Waals surface area contributed by atoms with Gasteiger partial charge in [0.15, 0.2) is 0 Å². The van der Waals surface area contributed by atoms with Crippen molar-refractivity contribution in [2.24, 2.45) is 0 Å². The Morgan fingerprint density at radius 3 is 3.00 bits per heavy atom. The van der Waals surface area contributed by atoms with Crippen LogP contribution in [0.3, 0.4) is 0 Å². The minimum atomic E-state index is 0.746. The van der Waals surface area contributed by atoms with Gasteiger partial charge in [0.05, 0.1) is 13.2 Å². The van der Waals surface area contributed by atoms with E-state index in [0.717, 1.165) is 57.3 Å². The van der Waals surface area contributed by atoms with Gasteiger partial charge in [0.2, 0.25) is 0 Å². The maximum absolute atomic E-state index is 5.68. The van der Waals surface area contributed by atoms with Gasteiger partial charge < -0.3 is 15.8 Å². The molecular weight excluding hydrogens is 216 g/mol. The van der Waals surface area contributed by atoms with Gasteiger partial charge in [-0.15, -0.1) is 0 Å². The maximum atomic E-state index is 5.68. The van der Waals surface area contributed by atoms with Crippen LogP contribution in [0.15, 0.2) is 18.3 Å². The van der Waals surface area contributed by atoms with Crippen LogP contribution in [0.4, 0.5) is 11.5 Å². The molecule has 1 aromatic rings. The van der Waals surface area contributed by atoms with E-state index in [2.05, 4.69) is 15.2 Å². The first-order chi connectivity index (χ1) is 8.34. The van der Waals surface area contributed by atoms with E-state index in [1.54, 1.807) is 12.3 Å². The van der Waals surface area contributed by atoms with Gasteiger partial charge >= 0.3 is 0 Å². The van der Waals surface area contributed by atoms with E-state index in [9.17, 15) is 0 Å². The lowest BCUT2D eigenvalue weighted by molar-refractivity contribution is 0.0378. The van der Waals surface area contributed by atoms with Crippen LogP contribution in [0.2, 0.25) is 0 Å². The van der Waals surface area contributed by atoms with Crippen LogP contribution in [0.25, 0.3) is 0 Å². The lowest BCUT2D eigenvalue weighted by atomic mass is 10.3. The lowest BCUT2D eigenvalue weighted by Gasteiger charge is -2.26. The average molecular weight is 236 g/mol. The number of morpholine rings is 1. The highest BCUT2D eigenvalue weighted by Gasteiger charge is 2.08. The molecule has 1 aliphatic heterocycles. The number of nitrogens with one attached hydrogen (secondary N) is 1. The number of ether oxygens (including phenoxy) is 1. The molecule has 5 heteroatoms. The van der Waals surface area contributed by atoms with Crippen molar-refractivity contribution in [1.82, 2.24) is 9.88 Å². The summed E-state index contributed by atoms with van der Waals surface area (Å²) in [6.07, 6.45) is 2.83. The Kier molecular flexibility index (Phi) is 4.58. The molecule has 0 radical (unpaired) electrons. The largest absolute Gasteiger partial charge is 0.399 e. The van der Waals surface area contributed by atoms with Crippen molar-refractivity contribution in [2.75, 3.05) is 50.4 Å². The van der Waals surface area contributed by atoms with E-state index in [1.807, 2.05) is 6.07 Å². The summed E-state index contributed by atoms with van der Waals surface area (Å²) in [6, 6.07) is 3.65. The lowest BCUT2D eigenvalue weighted by Crippen LogP contribution is -2.37. The SMILES string of the molecule is Nc1ccnc(NCCCN2CCOCC2)c1. The summed E-state index contributed by atoms with van der Waals surface area (Å²) >= 11 is 0. The number of rotatable bonds is 5. The molecule has 17 heavy (non-hydrogen) atoms. The Labute approximate surface area is 102 Å². The quantitative estimate of drug-likeness (QED) is 0.740. The Balaban J connectivity index is 1.62. The Bertz CT molecular complexity index is 339. The second kappa shape index (κ2) is 6.42. The molecular formula is C12H20N4O. The molecule has 1 saturated heterocycles. The third-order valence-corrected chi connectivity index (χ3v) is 2.84. The molecule has 2 rings (SSSR count). The minimum absolute atomic E-state index is 0.746. The summed E-state index contributed by atoms with van der Waals surface area (Å²) in [6.45, 7) is 5.87. The van der Waals surface area contributed by atoms with Crippen molar-refractivity contribution in [3.05, 3.63) is 18.3 Å². The number of pyridine rings is 1. The Morgan fingerprint density at radius 1 is 1.41 bits per heavy atom. The second-order valence-electron chi connectivity index (χ2n) is 4.21. The smallest absolute Gasteiger partial charge is 0.127 e. The summed E-state index contributed by atoms with van der Waals surface area (Å²) in [5.41, 5.74) is 6.42. The number of hydrogen-bond donors (Lipinski definition) is 2. The molecule has 2 heterocycles. The predicted octanol–water partition coefficient (Wildman–Crippen LogP) is 0.798. The molecule has 94 valence electrons. The Hall–Kier alpha value is -1.33. The number of nitrogens with zero attached hydrogens (tertiary/aromatic N) is 2. The molecule has 0 bridgehead atoms. The van der Waals surface area contributed by atoms with E-state index < -0.39 is 0 Å². The third kappa shape index (κ3) is 4.20. The molecule has 5 nitrogen and oxygen atoms in total. The maximum Gasteiger partial charge on any atom is 0.127 e. The highest BCUT2D eigenvalue weighted by atomic mass is 16.5.